The average molecular weight is 448 g/mol. The highest BCUT2D eigenvalue weighted by Gasteiger charge is 2.17. The van der Waals surface area contributed by atoms with Gasteiger partial charge in [-0.05, 0) is 65.4 Å². The molecular weight excluding hydrogens is 426 g/mol. The number of nitrogens with one attached hydrogen (secondary N) is 2. The van der Waals surface area contributed by atoms with E-state index in [4.69, 9.17) is 0 Å². The van der Waals surface area contributed by atoms with Gasteiger partial charge in [-0.25, -0.2) is 4.98 Å². The van der Waals surface area contributed by atoms with Crippen LogP contribution in [0.3, 0.4) is 0 Å². The predicted octanol–water partition coefficient (Wildman–Crippen LogP) is 4.97. The molecular formula is C23H21N5OS2. The first kappa shape index (κ1) is 19.8. The van der Waals surface area contributed by atoms with Gasteiger partial charge in [0.15, 0.2) is 5.16 Å². The molecule has 0 radical (unpaired) electrons. The Morgan fingerprint density at radius 3 is 2.74 bits per heavy atom. The Kier molecular flexibility index (Phi) is 5.73. The van der Waals surface area contributed by atoms with Crippen LogP contribution in [0, 0.1) is 0 Å². The van der Waals surface area contributed by atoms with Crippen LogP contribution in [0.5, 0.6) is 0 Å². The van der Waals surface area contributed by atoms with Crippen molar-refractivity contribution < 1.29 is 4.79 Å². The van der Waals surface area contributed by atoms with Crippen molar-refractivity contribution in [3.05, 3.63) is 87.9 Å². The van der Waals surface area contributed by atoms with Crippen molar-refractivity contribution in [2.75, 3.05) is 16.8 Å². The van der Waals surface area contributed by atoms with E-state index in [2.05, 4.69) is 49.0 Å². The Balaban J connectivity index is 1.17. The predicted molar refractivity (Wildman–Crippen MR) is 126 cm³/mol. The molecule has 3 heterocycles. The number of thioether (sulfide) groups is 1. The topological polar surface area (TPSA) is 73.9 Å². The van der Waals surface area contributed by atoms with Crippen LogP contribution in [0.1, 0.15) is 26.4 Å². The van der Waals surface area contributed by atoms with Crippen molar-refractivity contribution in [2.45, 2.75) is 23.9 Å². The molecule has 2 N–H and O–H groups in total. The van der Waals surface area contributed by atoms with Crippen LogP contribution in [0.4, 0.5) is 11.4 Å². The Morgan fingerprint density at radius 2 is 1.97 bits per heavy atom. The minimum Gasteiger partial charge on any atom is -0.367 e. The van der Waals surface area contributed by atoms with Gasteiger partial charge in [0.25, 0.3) is 5.91 Å². The molecule has 2 aromatic carbocycles. The smallest absolute Gasteiger partial charge is 0.255 e. The van der Waals surface area contributed by atoms with Crippen molar-refractivity contribution in [1.82, 2.24) is 15.2 Å². The maximum absolute atomic E-state index is 12.6. The second-order valence-corrected chi connectivity index (χ2v) is 9.28. The zero-order valence-electron chi connectivity index (χ0n) is 16.7. The fourth-order valence-electron chi connectivity index (χ4n) is 3.60. The highest BCUT2D eigenvalue weighted by atomic mass is 32.2. The first-order chi connectivity index (χ1) is 15.2. The summed E-state index contributed by atoms with van der Waals surface area (Å²) in [5.74, 6) is 0.658. The minimum absolute atomic E-state index is 0.108. The van der Waals surface area contributed by atoms with Gasteiger partial charge in [0, 0.05) is 40.7 Å². The van der Waals surface area contributed by atoms with E-state index in [0.29, 0.717) is 5.56 Å². The minimum atomic E-state index is -0.108. The highest BCUT2D eigenvalue weighted by Crippen LogP contribution is 2.28. The molecule has 2 aromatic heterocycles. The SMILES string of the molecule is O=C(Nc1ccc(N2CCc3sccc3C2)cc1)c1ccc(CSc2ncn[nH]2)cc1. The second-order valence-electron chi connectivity index (χ2n) is 7.32. The molecule has 156 valence electrons. The molecule has 0 aliphatic carbocycles. The van der Waals surface area contributed by atoms with E-state index in [9.17, 15) is 4.79 Å². The van der Waals surface area contributed by atoms with Crippen molar-refractivity contribution in [1.29, 1.82) is 0 Å². The van der Waals surface area contributed by atoms with Gasteiger partial charge >= 0.3 is 0 Å². The zero-order valence-corrected chi connectivity index (χ0v) is 18.4. The second kappa shape index (κ2) is 8.95. The van der Waals surface area contributed by atoms with E-state index >= 15 is 0 Å². The van der Waals surface area contributed by atoms with Gasteiger partial charge in [-0.1, -0.05) is 23.9 Å². The molecule has 0 unspecified atom stereocenters. The number of aromatic nitrogens is 3. The molecule has 0 atom stereocenters. The van der Waals surface area contributed by atoms with E-state index in [-0.39, 0.29) is 5.91 Å². The summed E-state index contributed by atoms with van der Waals surface area (Å²) in [5, 5.41) is 12.6. The average Bonchev–Trinajstić information content (AvgIpc) is 3.50. The number of carbonyl (C=O) groups is 1. The molecule has 31 heavy (non-hydrogen) atoms. The molecule has 0 fully saturated rings. The number of benzene rings is 2. The third kappa shape index (κ3) is 4.65. The van der Waals surface area contributed by atoms with Gasteiger partial charge in [0.1, 0.15) is 6.33 Å². The Morgan fingerprint density at radius 1 is 1.13 bits per heavy atom. The van der Waals surface area contributed by atoms with Crippen LogP contribution < -0.4 is 10.2 Å². The number of thiophene rings is 1. The number of fused-ring (bicyclic) bond motifs is 1. The number of anilines is 2. The number of H-pyrrole nitrogens is 1. The lowest BCUT2D eigenvalue weighted by atomic mass is 10.1. The van der Waals surface area contributed by atoms with Crippen molar-refractivity contribution in [2.24, 2.45) is 0 Å². The fraction of sp³-hybridized carbons (Fsp3) is 0.174. The van der Waals surface area contributed by atoms with Gasteiger partial charge in [0.2, 0.25) is 0 Å². The molecule has 0 bridgehead atoms. The first-order valence-electron chi connectivity index (χ1n) is 10.0. The summed E-state index contributed by atoms with van der Waals surface area (Å²) in [6, 6.07) is 18.0. The summed E-state index contributed by atoms with van der Waals surface area (Å²) in [5.41, 5.74) is 5.17. The summed E-state index contributed by atoms with van der Waals surface area (Å²) >= 11 is 3.42. The van der Waals surface area contributed by atoms with Gasteiger partial charge in [0.05, 0.1) is 0 Å². The lowest BCUT2D eigenvalue weighted by Crippen LogP contribution is -2.29. The number of carbonyl (C=O) groups excluding carboxylic acids is 1. The molecule has 0 saturated heterocycles. The van der Waals surface area contributed by atoms with Gasteiger partial charge < -0.3 is 10.2 Å². The van der Waals surface area contributed by atoms with E-state index in [1.165, 1.54) is 22.5 Å². The maximum atomic E-state index is 12.6. The fourth-order valence-corrected chi connectivity index (χ4v) is 5.22. The van der Waals surface area contributed by atoms with Crippen LogP contribution >= 0.6 is 23.1 Å². The summed E-state index contributed by atoms with van der Waals surface area (Å²) in [4.78, 5) is 20.6. The van der Waals surface area contributed by atoms with E-state index in [1.54, 1.807) is 11.8 Å². The number of rotatable bonds is 6. The lowest BCUT2D eigenvalue weighted by Gasteiger charge is -2.29. The van der Waals surface area contributed by atoms with Crippen LogP contribution in [0.25, 0.3) is 0 Å². The number of nitrogens with zero attached hydrogens (tertiary/aromatic N) is 3. The number of hydrogen-bond acceptors (Lipinski definition) is 6. The summed E-state index contributed by atoms with van der Waals surface area (Å²) in [6.07, 6.45) is 2.59. The number of amides is 1. The van der Waals surface area contributed by atoms with Crippen molar-refractivity contribution >= 4 is 40.4 Å². The van der Waals surface area contributed by atoms with Crippen LogP contribution in [-0.4, -0.2) is 27.6 Å². The van der Waals surface area contributed by atoms with Gasteiger partial charge in [-0.2, -0.15) is 5.10 Å². The number of aromatic amines is 1. The Labute approximate surface area is 188 Å². The molecule has 0 saturated carbocycles. The van der Waals surface area contributed by atoms with E-state index in [1.807, 2.05) is 47.7 Å². The van der Waals surface area contributed by atoms with E-state index in [0.717, 1.165) is 41.7 Å². The third-order valence-electron chi connectivity index (χ3n) is 5.28. The van der Waals surface area contributed by atoms with Crippen LogP contribution in [0.2, 0.25) is 0 Å². The first-order valence-corrected chi connectivity index (χ1v) is 11.9. The Bertz CT molecular complexity index is 1150. The summed E-state index contributed by atoms with van der Waals surface area (Å²) < 4.78 is 0. The molecule has 8 heteroatoms. The van der Waals surface area contributed by atoms with Gasteiger partial charge in [-0.15, -0.1) is 11.3 Å². The molecule has 4 aromatic rings. The molecule has 1 aliphatic rings. The third-order valence-corrected chi connectivity index (χ3v) is 7.25. The highest BCUT2D eigenvalue weighted by molar-refractivity contribution is 7.98. The summed E-state index contributed by atoms with van der Waals surface area (Å²) in [6.45, 7) is 1.98. The molecule has 0 spiro atoms. The van der Waals surface area contributed by atoms with Crippen molar-refractivity contribution in [3.8, 4) is 0 Å². The molecule has 5 rings (SSSR count). The lowest BCUT2D eigenvalue weighted by molar-refractivity contribution is 0.102. The maximum Gasteiger partial charge on any atom is 0.255 e. The Hall–Kier alpha value is -3.10. The van der Waals surface area contributed by atoms with Crippen LogP contribution in [0.15, 0.2) is 71.5 Å². The number of hydrogen-bond donors (Lipinski definition) is 2. The monoisotopic (exact) mass is 447 g/mol. The summed E-state index contributed by atoms with van der Waals surface area (Å²) in [7, 11) is 0. The van der Waals surface area contributed by atoms with Crippen molar-refractivity contribution in [3.63, 3.8) is 0 Å². The quantitative estimate of drug-likeness (QED) is 0.408. The van der Waals surface area contributed by atoms with Gasteiger partial charge in [-0.3, -0.25) is 9.89 Å². The van der Waals surface area contributed by atoms with Crippen LogP contribution in [-0.2, 0) is 18.7 Å². The standard InChI is InChI=1S/C23H21N5OS2/c29-22(17-3-1-16(2-4-17)14-31-23-24-15-25-27-23)26-19-5-7-20(8-6-19)28-11-9-21-18(13-28)10-12-30-21/h1-8,10,12,15H,9,11,13-14H2,(H,26,29)(H,24,25,27). The largest absolute Gasteiger partial charge is 0.367 e. The van der Waals surface area contributed by atoms with E-state index < -0.39 is 0 Å². The molecule has 6 nitrogen and oxygen atoms in total. The molecule has 1 amide bonds. The normalized spacial score (nSPS) is 13.1. The molecule has 1 aliphatic heterocycles. The zero-order chi connectivity index (χ0) is 21.0.